The Morgan fingerprint density at radius 1 is 1.19 bits per heavy atom. The summed E-state index contributed by atoms with van der Waals surface area (Å²) in [4.78, 5) is 2.29. The second kappa shape index (κ2) is 7.29. The molecule has 0 aromatic heterocycles. The van der Waals surface area contributed by atoms with Gasteiger partial charge in [-0.1, -0.05) is 19.8 Å². The second-order valence-electron chi connectivity index (χ2n) is 5.73. The Labute approximate surface area is 102 Å². The molecule has 16 heavy (non-hydrogen) atoms. The lowest BCUT2D eigenvalue weighted by atomic mass is 9.83. The summed E-state index contributed by atoms with van der Waals surface area (Å²) in [5.74, 6) is 1.02. The zero-order chi connectivity index (χ0) is 12.0. The van der Waals surface area contributed by atoms with Crippen molar-refractivity contribution in [2.45, 2.75) is 64.5 Å². The summed E-state index contributed by atoms with van der Waals surface area (Å²) in [6.07, 6.45) is 8.49. The van der Waals surface area contributed by atoms with E-state index in [4.69, 9.17) is 0 Å². The van der Waals surface area contributed by atoms with Crippen LogP contribution >= 0.6 is 0 Å². The van der Waals surface area contributed by atoms with E-state index in [1.807, 2.05) is 0 Å². The van der Waals surface area contributed by atoms with Crippen LogP contribution in [0.5, 0.6) is 0 Å². The van der Waals surface area contributed by atoms with Crippen LogP contribution in [0.4, 0.5) is 0 Å². The molecule has 0 radical (unpaired) electrons. The van der Waals surface area contributed by atoms with Gasteiger partial charge >= 0.3 is 0 Å². The Bertz CT molecular complexity index is 172. The van der Waals surface area contributed by atoms with Crippen LogP contribution in [0, 0.1) is 5.92 Å². The van der Waals surface area contributed by atoms with Crippen molar-refractivity contribution in [1.82, 2.24) is 10.2 Å². The minimum Gasteiger partial charge on any atom is -0.312 e. The molecule has 0 bridgehead atoms. The third-order valence-corrected chi connectivity index (χ3v) is 4.13. The molecule has 0 saturated heterocycles. The molecule has 0 aliphatic heterocycles. The lowest BCUT2D eigenvalue weighted by molar-refractivity contribution is 0.248. The molecular weight excluding hydrogens is 196 g/mol. The van der Waals surface area contributed by atoms with E-state index in [-0.39, 0.29) is 0 Å². The van der Waals surface area contributed by atoms with Crippen LogP contribution in [-0.4, -0.2) is 37.6 Å². The van der Waals surface area contributed by atoms with Gasteiger partial charge in [0.15, 0.2) is 0 Å². The highest BCUT2D eigenvalue weighted by atomic mass is 15.1. The van der Waals surface area contributed by atoms with Gasteiger partial charge in [0.25, 0.3) is 0 Å². The summed E-state index contributed by atoms with van der Waals surface area (Å²) in [6, 6.07) is 1.43. The van der Waals surface area contributed by atoms with Crippen LogP contribution in [0.1, 0.15) is 52.4 Å². The lowest BCUT2D eigenvalue weighted by Gasteiger charge is -2.31. The molecule has 0 aromatic rings. The fraction of sp³-hybridized carbons (Fsp3) is 1.00. The molecule has 1 saturated carbocycles. The van der Waals surface area contributed by atoms with Crippen LogP contribution in [0.3, 0.4) is 0 Å². The van der Waals surface area contributed by atoms with Gasteiger partial charge in [-0.05, 0) is 52.6 Å². The number of likely N-dealkylation sites (N-methyl/N-ethyl adjacent to an activating group) is 1. The molecule has 1 aliphatic carbocycles. The molecule has 1 N–H and O–H groups in total. The first-order valence-corrected chi connectivity index (χ1v) is 7.03. The number of nitrogens with one attached hydrogen (secondary N) is 1. The molecule has 0 amide bonds. The molecule has 0 spiro atoms. The third kappa shape index (κ3) is 4.84. The van der Waals surface area contributed by atoms with Crippen molar-refractivity contribution in [2.75, 3.05) is 20.6 Å². The number of hydrogen-bond acceptors (Lipinski definition) is 2. The summed E-state index contributed by atoms with van der Waals surface area (Å²) in [5, 5.41) is 3.72. The Morgan fingerprint density at radius 3 is 2.31 bits per heavy atom. The molecule has 2 nitrogen and oxygen atoms in total. The fourth-order valence-corrected chi connectivity index (χ4v) is 2.58. The van der Waals surface area contributed by atoms with E-state index in [1.54, 1.807) is 0 Å². The highest BCUT2D eigenvalue weighted by molar-refractivity contribution is 4.78. The highest BCUT2D eigenvalue weighted by Gasteiger charge is 2.20. The predicted molar refractivity (Wildman–Crippen MR) is 71.8 cm³/mol. The smallest absolute Gasteiger partial charge is 0.0186 e. The van der Waals surface area contributed by atoms with Crippen LogP contribution in [0.15, 0.2) is 0 Å². The lowest BCUT2D eigenvalue weighted by Crippen LogP contribution is -2.41. The molecule has 96 valence electrons. The van der Waals surface area contributed by atoms with Crippen LogP contribution in [-0.2, 0) is 0 Å². The van der Waals surface area contributed by atoms with E-state index in [9.17, 15) is 0 Å². The summed E-state index contributed by atoms with van der Waals surface area (Å²) in [5.41, 5.74) is 0. The van der Waals surface area contributed by atoms with Crippen molar-refractivity contribution >= 4 is 0 Å². The van der Waals surface area contributed by atoms with Gasteiger partial charge in [-0.25, -0.2) is 0 Å². The van der Waals surface area contributed by atoms with Gasteiger partial charge in [0.05, 0.1) is 0 Å². The number of rotatable bonds is 6. The van der Waals surface area contributed by atoms with Crippen molar-refractivity contribution in [2.24, 2.45) is 5.92 Å². The first-order valence-electron chi connectivity index (χ1n) is 7.03. The maximum absolute atomic E-state index is 3.72. The highest BCUT2D eigenvalue weighted by Crippen LogP contribution is 2.27. The average molecular weight is 226 g/mol. The van der Waals surface area contributed by atoms with Gasteiger partial charge in [-0.2, -0.15) is 0 Å². The molecule has 1 aliphatic rings. The van der Waals surface area contributed by atoms with Gasteiger partial charge in [-0.3, -0.25) is 0 Å². The molecule has 1 fully saturated rings. The molecule has 1 atom stereocenters. The molecule has 1 rings (SSSR count). The molecular formula is C14H30N2. The normalized spacial score (nSPS) is 28.3. The van der Waals surface area contributed by atoms with Gasteiger partial charge in [0.1, 0.15) is 0 Å². The quantitative estimate of drug-likeness (QED) is 0.749. The molecule has 0 heterocycles. The Balaban J connectivity index is 2.12. The van der Waals surface area contributed by atoms with E-state index >= 15 is 0 Å². The number of hydrogen-bond donors (Lipinski definition) is 1. The van der Waals surface area contributed by atoms with Crippen molar-refractivity contribution < 1.29 is 0 Å². The molecule has 2 heteroatoms. The Hall–Kier alpha value is -0.0800. The Morgan fingerprint density at radius 2 is 1.81 bits per heavy atom. The molecule has 1 unspecified atom stereocenters. The van der Waals surface area contributed by atoms with Crippen LogP contribution in [0.25, 0.3) is 0 Å². The minimum absolute atomic E-state index is 0.647. The predicted octanol–water partition coefficient (Wildman–Crippen LogP) is 2.89. The van der Waals surface area contributed by atoms with Crippen LogP contribution in [0.2, 0.25) is 0 Å². The average Bonchev–Trinajstić information content (AvgIpc) is 2.28. The minimum atomic E-state index is 0.647. The van der Waals surface area contributed by atoms with Crippen molar-refractivity contribution in [3.8, 4) is 0 Å². The fourth-order valence-electron chi connectivity index (χ4n) is 2.58. The first-order chi connectivity index (χ1) is 7.63. The second-order valence-corrected chi connectivity index (χ2v) is 5.73. The maximum atomic E-state index is 3.72. The largest absolute Gasteiger partial charge is 0.312 e. The standard InChI is InChI=1S/C14H30N2/c1-5-6-13-7-9-14(10-8-13)15-11-12(2)16(3)4/h12-15H,5-11H2,1-4H3. The third-order valence-electron chi connectivity index (χ3n) is 4.13. The van der Waals surface area contributed by atoms with Gasteiger partial charge in [-0.15, -0.1) is 0 Å². The van der Waals surface area contributed by atoms with Crippen molar-refractivity contribution in [3.05, 3.63) is 0 Å². The zero-order valence-corrected chi connectivity index (χ0v) is 11.6. The van der Waals surface area contributed by atoms with E-state index in [0.717, 1.165) is 18.5 Å². The molecule has 0 aromatic carbocycles. The summed E-state index contributed by atoms with van der Waals surface area (Å²) < 4.78 is 0. The van der Waals surface area contributed by atoms with Gasteiger partial charge in [0.2, 0.25) is 0 Å². The number of nitrogens with zero attached hydrogens (tertiary/aromatic N) is 1. The first kappa shape index (κ1) is 14.0. The zero-order valence-electron chi connectivity index (χ0n) is 11.6. The maximum Gasteiger partial charge on any atom is 0.0186 e. The SMILES string of the molecule is CCCC1CCC(NCC(C)N(C)C)CC1. The van der Waals surface area contributed by atoms with E-state index < -0.39 is 0 Å². The van der Waals surface area contributed by atoms with Gasteiger partial charge < -0.3 is 10.2 Å². The van der Waals surface area contributed by atoms with Crippen molar-refractivity contribution in [3.63, 3.8) is 0 Å². The monoisotopic (exact) mass is 226 g/mol. The van der Waals surface area contributed by atoms with Crippen molar-refractivity contribution in [1.29, 1.82) is 0 Å². The summed E-state index contributed by atoms with van der Waals surface area (Å²) in [7, 11) is 4.31. The van der Waals surface area contributed by atoms with E-state index in [0.29, 0.717) is 6.04 Å². The summed E-state index contributed by atoms with van der Waals surface area (Å²) in [6.45, 7) is 5.73. The van der Waals surface area contributed by atoms with Crippen LogP contribution < -0.4 is 5.32 Å². The topological polar surface area (TPSA) is 15.3 Å². The summed E-state index contributed by atoms with van der Waals surface area (Å²) >= 11 is 0. The van der Waals surface area contributed by atoms with E-state index in [2.05, 4.69) is 38.2 Å². The van der Waals surface area contributed by atoms with E-state index in [1.165, 1.54) is 38.5 Å². The Kier molecular flexibility index (Phi) is 6.37. The van der Waals surface area contributed by atoms with Gasteiger partial charge in [0, 0.05) is 18.6 Å².